The van der Waals surface area contributed by atoms with E-state index in [-0.39, 0.29) is 0 Å². The Kier molecular flexibility index (Phi) is 13.1. The Balaban J connectivity index is 2.47. The van der Waals surface area contributed by atoms with Crippen LogP contribution in [0.1, 0.15) is 53.4 Å². The summed E-state index contributed by atoms with van der Waals surface area (Å²) in [4.78, 5) is 0. The molecule has 37 heavy (non-hydrogen) atoms. The van der Waals surface area contributed by atoms with Gasteiger partial charge in [-0.05, 0) is 0 Å². The Bertz CT molecular complexity index is 838. The van der Waals surface area contributed by atoms with Gasteiger partial charge in [-0.2, -0.15) is 0 Å². The van der Waals surface area contributed by atoms with Crippen molar-refractivity contribution in [3.63, 3.8) is 0 Å². The topological polar surface area (TPSA) is 73.8 Å². The summed E-state index contributed by atoms with van der Waals surface area (Å²) in [6, 6.07) is 18.8. The molecule has 2 aromatic carbocycles. The summed E-state index contributed by atoms with van der Waals surface area (Å²) >= 11 is 0. The molecule has 0 radical (unpaired) electrons. The zero-order chi connectivity index (χ0) is 27.1. The van der Waals surface area contributed by atoms with E-state index in [0.29, 0.717) is 49.9 Å². The van der Waals surface area contributed by atoms with Crippen molar-refractivity contribution in [1.29, 1.82) is 0 Å². The fourth-order valence-electron chi connectivity index (χ4n) is 3.69. The molecule has 0 saturated heterocycles. The first-order valence-electron chi connectivity index (χ1n) is 13.0. The number of rotatable bonds is 20. The minimum absolute atomic E-state index is 0.401. The van der Waals surface area contributed by atoms with Gasteiger partial charge >= 0.3 is 225 Å². The van der Waals surface area contributed by atoms with Crippen molar-refractivity contribution in [2.45, 2.75) is 53.4 Å². The molecule has 0 heterocycles. The van der Waals surface area contributed by atoms with Crippen LogP contribution < -0.4 is 9.05 Å². The quantitative estimate of drug-likeness (QED) is 0.144. The molecule has 0 spiro atoms. The number of para-hydroxylation sites is 2. The average molecular weight is 579 g/mol. The van der Waals surface area contributed by atoms with Crippen LogP contribution in [-0.2, 0) is 26.7 Å². The molecule has 8 nitrogen and oxygen atoms in total. The molecule has 0 N–H and O–H groups in total. The Morgan fingerprint density at radius 2 is 0.946 bits per heavy atom. The normalized spacial score (nSPS) is 14.6. The van der Waals surface area contributed by atoms with E-state index in [4.69, 9.17) is 35.8 Å². The third-order valence-corrected chi connectivity index (χ3v) is 15.1. The second-order valence-electron chi connectivity index (χ2n) is 8.48. The molecule has 0 atom stereocenters. The summed E-state index contributed by atoms with van der Waals surface area (Å²) in [5, 5.41) is 0. The first-order chi connectivity index (χ1) is 17.9. The predicted octanol–water partition coefficient (Wildman–Crippen LogP) is 9.08. The third kappa shape index (κ3) is 8.54. The van der Waals surface area contributed by atoms with Crippen LogP contribution in [0, 0.1) is 0 Å². The van der Waals surface area contributed by atoms with Crippen molar-refractivity contribution in [1.82, 2.24) is 0 Å². The molecule has 0 amide bonds. The summed E-state index contributed by atoms with van der Waals surface area (Å²) in [5.41, 5.74) is 0. The van der Waals surface area contributed by atoms with Gasteiger partial charge in [-0.3, -0.25) is 0 Å². The average Bonchev–Trinajstić information content (AvgIpc) is 2.92. The van der Waals surface area contributed by atoms with Crippen molar-refractivity contribution in [2.75, 3.05) is 39.8 Å². The van der Waals surface area contributed by atoms with E-state index in [0.717, 1.165) is 12.8 Å². The molecule has 0 aliphatic carbocycles. The van der Waals surface area contributed by atoms with Gasteiger partial charge in [-0.1, -0.05) is 0 Å². The Morgan fingerprint density at radius 1 is 0.568 bits per heavy atom. The Hall–Kier alpha value is -0.910. The molecule has 0 aromatic heterocycles. The van der Waals surface area contributed by atoms with E-state index >= 15 is 0 Å². The first-order valence-corrected chi connectivity index (χ1v) is 18.0. The van der Waals surface area contributed by atoms with Gasteiger partial charge < -0.3 is 0 Å². The second kappa shape index (κ2) is 15.0. The summed E-state index contributed by atoms with van der Waals surface area (Å²) in [6.07, 6.45) is 3.78. The van der Waals surface area contributed by atoms with Gasteiger partial charge in [0.2, 0.25) is 0 Å². The van der Waals surface area contributed by atoms with Gasteiger partial charge in [0.25, 0.3) is 0 Å². The van der Waals surface area contributed by atoms with Crippen LogP contribution in [-0.4, -0.2) is 39.8 Å². The molecule has 0 aliphatic heterocycles. The van der Waals surface area contributed by atoms with Crippen LogP contribution in [0.5, 0.6) is 11.5 Å². The van der Waals surface area contributed by atoms with Crippen molar-refractivity contribution < 1.29 is 35.8 Å². The van der Waals surface area contributed by atoms with E-state index in [1.807, 2.05) is 88.4 Å². The monoisotopic (exact) mass is 578 g/mol. The molecular formula is C26H45O8P3. The van der Waals surface area contributed by atoms with Crippen molar-refractivity contribution >= 4 is 24.1 Å². The maximum absolute atomic E-state index is 6.52. The molecule has 0 saturated carbocycles. The van der Waals surface area contributed by atoms with Gasteiger partial charge in [0.05, 0.1) is 0 Å². The SMILES string of the molecule is CCCOP(CCC)(OC)(OPOP(CCC)(OC)(OCCC)Oc1ccccc1)Oc1ccccc1. The van der Waals surface area contributed by atoms with Gasteiger partial charge in [-0.15, -0.1) is 0 Å². The van der Waals surface area contributed by atoms with Crippen LogP contribution >= 0.6 is 24.1 Å². The van der Waals surface area contributed by atoms with Crippen LogP contribution in [0.15, 0.2) is 60.7 Å². The number of hydrogen-bond acceptors (Lipinski definition) is 8. The molecule has 2 rings (SSSR count). The minimum atomic E-state index is -4.13. The van der Waals surface area contributed by atoms with Crippen LogP contribution in [0.4, 0.5) is 0 Å². The molecule has 11 heteroatoms. The zero-order valence-corrected chi connectivity index (χ0v) is 25.9. The van der Waals surface area contributed by atoms with Gasteiger partial charge in [0.15, 0.2) is 0 Å². The summed E-state index contributed by atoms with van der Waals surface area (Å²) < 4.78 is 51.0. The second-order valence-corrected chi connectivity index (χ2v) is 16.5. The van der Waals surface area contributed by atoms with Crippen LogP contribution in [0.3, 0.4) is 0 Å². The van der Waals surface area contributed by atoms with Crippen LogP contribution in [0.2, 0.25) is 0 Å². The van der Waals surface area contributed by atoms with E-state index in [9.17, 15) is 0 Å². The van der Waals surface area contributed by atoms with E-state index < -0.39 is 24.1 Å². The predicted molar refractivity (Wildman–Crippen MR) is 155 cm³/mol. The molecular weight excluding hydrogens is 533 g/mol. The molecule has 0 unspecified atom stereocenters. The van der Waals surface area contributed by atoms with Crippen molar-refractivity contribution in [3.05, 3.63) is 60.7 Å². The van der Waals surface area contributed by atoms with E-state index in [1.165, 1.54) is 0 Å². The van der Waals surface area contributed by atoms with E-state index in [2.05, 4.69) is 0 Å². The Labute approximate surface area is 225 Å². The van der Waals surface area contributed by atoms with E-state index in [1.54, 1.807) is 14.2 Å². The number of hydrogen-bond donors (Lipinski definition) is 0. The Morgan fingerprint density at radius 3 is 1.24 bits per heavy atom. The number of benzene rings is 2. The fraction of sp³-hybridized carbons (Fsp3) is 0.538. The fourth-order valence-corrected chi connectivity index (χ4v) is 12.2. The maximum atomic E-state index is 6.52. The van der Waals surface area contributed by atoms with Gasteiger partial charge in [0, 0.05) is 0 Å². The standard InChI is InChI=1S/C26H45O8P3/c1-7-21-29-36(27-5,23-9-3,31-25-17-13-11-14-18-25)33-35-34-37(28-6,24-10-4,30-22-8-2)32-26-19-15-12-16-20-26/h11-20,35H,7-10,21-24H2,1-6H3. The van der Waals surface area contributed by atoms with Gasteiger partial charge in [0.1, 0.15) is 0 Å². The van der Waals surface area contributed by atoms with Gasteiger partial charge in [-0.25, -0.2) is 0 Å². The molecule has 0 fully saturated rings. The van der Waals surface area contributed by atoms with Crippen molar-refractivity contribution in [3.8, 4) is 11.5 Å². The molecule has 0 aliphatic rings. The molecule has 2 aromatic rings. The molecule has 212 valence electrons. The van der Waals surface area contributed by atoms with Crippen molar-refractivity contribution in [2.24, 2.45) is 0 Å². The third-order valence-electron chi connectivity index (χ3n) is 5.45. The summed E-state index contributed by atoms with van der Waals surface area (Å²) in [7, 11) is -5.74. The summed E-state index contributed by atoms with van der Waals surface area (Å²) in [6.45, 7) is 8.93. The zero-order valence-electron chi connectivity index (χ0n) is 23.1. The summed E-state index contributed by atoms with van der Waals surface area (Å²) in [5.74, 6) is 1.19. The molecule has 0 bridgehead atoms. The van der Waals surface area contributed by atoms with Crippen LogP contribution in [0.25, 0.3) is 0 Å². The first kappa shape index (κ1) is 32.3.